The molecule has 2 rings (SSSR count). The van der Waals surface area contributed by atoms with Gasteiger partial charge in [-0.15, -0.1) is 11.3 Å². The standard InChI is InChI=1S/C16H24N2OS/c1-3-8-17-11-16-14(7-9-19-16)12-18(4-2)13-15-6-5-10-20-15/h5-7,9-10,17H,3-4,8,11-13H2,1-2H3. The molecule has 110 valence electrons. The minimum absolute atomic E-state index is 0.826. The van der Waals surface area contributed by atoms with Crippen LogP contribution in [0, 0.1) is 0 Å². The first-order valence-corrected chi connectivity index (χ1v) is 8.22. The number of thiophene rings is 1. The smallest absolute Gasteiger partial charge is 0.122 e. The average molecular weight is 292 g/mol. The number of hydrogen-bond donors (Lipinski definition) is 1. The minimum Gasteiger partial charge on any atom is -0.468 e. The monoisotopic (exact) mass is 292 g/mol. The first-order valence-electron chi connectivity index (χ1n) is 7.34. The highest BCUT2D eigenvalue weighted by Crippen LogP contribution is 2.17. The van der Waals surface area contributed by atoms with Crippen molar-refractivity contribution in [3.05, 3.63) is 46.0 Å². The molecule has 0 aliphatic heterocycles. The molecule has 2 heterocycles. The summed E-state index contributed by atoms with van der Waals surface area (Å²) in [5.74, 6) is 1.07. The zero-order valence-electron chi connectivity index (χ0n) is 12.4. The lowest BCUT2D eigenvalue weighted by Crippen LogP contribution is -2.23. The summed E-state index contributed by atoms with van der Waals surface area (Å²) in [6.07, 6.45) is 2.95. The fourth-order valence-corrected chi connectivity index (χ4v) is 2.93. The van der Waals surface area contributed by atoms with Gasteiger partial charge in [0.05, 0.1) is 12.8 Å². The van der Waals surface area contributed by atoms with Gasteiger partial charge in [-0.05, 0) is 37.0 Å². The van der Waals surface area contributed by atoms with Gasteiger partial charge in [-0.2, -0.15) is 0 Å². The van der Waals surface area contributed by atoms with Crippen molar-refractivity contribution in [2.45, 2.75) is 39.9 Å². The van der Waals surface area contributed by atoms with Gasteiger partial charge in [-0.3, -0.25) is 4.90 Å². The summed E-state index contributed by atoms with van der Waals surface area (Å²) in [6, 6.07) is 6.41. The second-order valence-corrected chi connectivity index (χ2v) is 5.96. The van der Waals surface area contributed by atoms with Crippen LogP contribution in [0.25, 0.3) is 0 Å². The number of rotatable bonds is 9. The average Bonchev–Trinajstić information content (AvgIpc) is 3.10. The van der Waals surface area contributed by atoms with Crippen molar-refractivity contribution in [2.24, 2.45) is 0 Å². The summed E-state index contributed by atoms with van der Waals surface area (Å²) in [6.45, 7) is 9.26. The molecular weight excluding hydrogens is 268 g/mol. The Labute approximate surface area is 125 Å². The molecule has 0 spiro atoms. The Hall–Kier alpha value is -1.10. The van der Waals surface area contributed by atoms with Crippen LogP contribution in [-0.4, -0.2) is 18.0 Å². The van der Waals surface area contributed by atoms with Crippen LogP contribution in [0.5, 0.6) is 0 Å². The van der Waals surface area contributed by atoms with E-state index < -0.39 is 0 Å². The van der Waals surface area contributed by atoms with E-state index >= 15 is 0 Å². The Morgan fingerprint density at radius 1 is 1.25 bits per heavy atom. The summed E-state index contributed by atoms with van der Waals surface area (Å²) in [5, 5.41) is 5.54. The Bertz CT molecular complexity index is 478. The maximum Gasteiger partial charge on any atom is 0.122 e. The van der Waals surface area contributed by atoms with Gasteiger partial charge in [0.25, 0.3) is 0 Å². The zero-order chi connectivity index (χ0) is 14.2. The van der Waals surface area contributed by atoms with Gasteiger partial charge in [0.1, 0.15) is 5.76 Å². The van der Waals surface area contributed by atoms with Gasteiger partial charge in [0, 0.05) is 23.5 Å². The molecule has 0 aliphatic rings. The van der Waals surface area contributed by atoms with Gasteiger partial charge < -0.3 is 9.73 Å². The molecule has 0 amide bonds. The summed E-state index contributed by atoms with van der Waals surface area (Å²) in [7, 11) is 0. The molecule has 3 nitrogen and oxygen atoms in total. The van der Waals surface area contributed by atoms with Crippen LogP contribution in [0.1, 0.15) is 36.5 Å². The highest BCUT2D eigenvalue weighted by atomic mass is 32.1. The topological polar surface area (TPSA) is 28.4 Å². The van der Waals surface area contributed by atoms with Gasteiger partial charge in [-0.25, -0.2) is 0 Å². The molecule has 1 N–H and O–H groups in total. The Morgan fingerprint density at radius 3 is 2.85 bits per heavy atom. The first-order chi connectivity index (χ1) is 9.83. The SMILES string of the molecule is CCCNCc1occc1CN(CC)Cc1cccs1. The maximum absolute atomic E-state index is 5.61. The molecule has 0 radical (unpaired) electrons. The third-order valence-electron chi connectivity index (χ3n) is 3.35. The zero-order valence-corrected chi connectivity index (χ0v) is 13.2. The van der Waals surface area contributed by atoms with E-state index in [4.69, 9.17) is 4.42 Å². The molecule has 0 saturated heterocycles. The van der Waals surface area contributed by atoms with Crippen LogP contribution in [0.15, 0.2) is 34.3 Å². The second-order valence-electron chi connectivity index (χ2n) is 4.93. The van der Waals surface area contributed by atoms with Gasteiger partial charge in [0.15, 0.2) is 0 Å². The third kappa shape index (κ3) is 4.47. The van der Waals surface area contributed by atoms with Crippen molar-refractivity contribution in [3.63, 3.8) is 0 Å². The summed E-state index contributed by atoms with van der Waals surface area (Å²) in [4.78, 5) is 3.86. The molecule has 2 aromatic rings. The number of furan rings is 1. The fraction of sp³-hybridized carbons (Fsp3) is 0.500. The number of nitrogens with zero attached hydrogens (tertiary/aromatic N) is 1. The Balaban J connectivity index is 1.91. The van der Waals surface area contributed by atoms with Gasteiger partial charge in [-0.1, -0.05) is 19.9 Å². The lowest BCUT2D eigenvalue weighted by atomic mass is 10.2. The highest BCUT2D eigenvalue weighted by Gasteiger charge is 2.11. The molecule has 0 fully saturated rings. The lowest BCUT2D eigenvalue weighted by Gasteiger charge is -2.19. The van der Waals surface area contributed by atoms with Crippen LogP contribution in [0.2, 0.25) is 0 Å². The van der Waals surface area contributed by atoms with E-state index in [-0.39, 0.29) is 0 Å². The fourth-order valence-electron chi connectivity index (χ4n) is 2.19. The molecule has 2 aromatic heterocycles. The first kappa shape index (κ1) is 15.3. The van der Waals surface area contributed by atoms with Crippen LogP contribution in [-0.2, 0) is 19.6 Å². The van der Waals surface area contributed by atoms with Crippen LogP contribution in [0.4, 0.5) is 0 Å². The minimum atomic E-state index is 0.826. The lowest BCUT2D eigenvalue weighted by molar-refractivity contribution is 0.271. The third-order valence-corrected chi connectivity index (χ3v) is 4.21. The Morgan fingerprint density at radius 2 is 2.15 bits per heavy atom. The largest absolute Gasteiger partial charge is 0.468 e. The predicted molar refractivity (Wildman–Crippen MR) is 84.8 cm³/mol. The molecule has 0 aromatic carbocycles. The molecule has 0 aliphatic carbocycles. The molecule has 0 atom stereocenters. The Kier molecular flexibility index (Phi) is 6.30. The van der Waals surface area contributed by atoms with E-state index in [1.54, 1.807) is 6.26 Å². The van der Waals surface area contributed by atoms with E-state index in [9.17, 15) is 0 Å². The van der Waals surface area contributed by atoms with E-state index in [0.29, 0.717) is 0 Å². The summed E-state index contributed by atoms with van der Waals surface area (Å²) >= 11 is 1.82. The van der Waals surface area contributed by atoms with E-state index in [1.807, 2.05) is 11.3 Å². The van der Waals surface area contributed by atoms with Crippen molar-refractivity contribution >= 4 is 11.3 Å². The van der Waals surface area contributed by atoms with Crippen molar-refractivity contribution in [3.8, 4) is 0 Å². The molecule has 20 heavy (non-hydrogen) atoms. The van der Waals surface area contributed by atoms with Crippen molar-refractivity contribution in [1.82, 2.24) is 10.2 Å². The molecule has 0 saturated carbocycles. The van der Waals surface area contributed by atoms with Gasteiger partial charge in [0.2, 0.25) is 0 Å². The predicted octanol–water partition coefficient (Wildman–Crippen LogP) is 3.86. The highest BCUT2D eigenvalue weighted by molar-refractivity contribution is 7.09. The summed E-state index contributed by atoms with van der Waals surface area (Å²) < 4.78 is 5.61. The van der Waals surface area contributed by atoms with E-state index in [1.165, 1.54) is 10.4 Å². The van der Waals surface area contributed by atoms with Crippen molar-refractivity contribution in [2.75, 3.05) is 13.1 Å². The molecular formula is C16H24N2OS. The molecule has 0 bridgehead atoms. The van der Waals surface area contributed by atoms with Crippen LogP contribution in [0.3, 0.4) is 0 Å². The van der Waals surface area contributed by atoms with Crippen LogP contribution < -0.4 is 5.32 Å². The maximum atomic E-state index is 5.61. The van der Waals surface area contributed by atoms with Crippen molar-refractivity contribution < 1.29 is 4.42 Å². The normalized spacial score (nSPS) is 11.3. The number of hydrogen-bond acceptors (Lipinski definition) is 4. The quantitative estimate of drug-likeness (QED) is 0.711. The second kappa shape index (κ2) is 8.25. The van der Waals surface area contributed by atoms with Gasteiger partial charge >= 0.3 is 0 Å². The van der Waals surface area contributed by atoms with Crippen LogP contribution >= 0.6 is 11.3 Å². The number of nitrogens with one attached hydrogen (secondary N) is 1. The summed E-state index contributed by atoms with van der Waals surface area (Å²) in [5.41, 5.74) is 1.30. The van der Waals surface area contributed by atoms with E-state index in [2.05, 4.69) is 47.6 Å². The molecule has 4 heteroatoms. The van der Waals surface area contributed by atoms with Crippen molar-refractivity contribution in [1.29, 1.82) is 0 Å². The molecule has 0 unspecified atom stereocenters. The van der Waals surface area contributed by atoms with E-state index in [0.717, 1.165) is 44.9 Å².